The number of hydrogen-bond donors (Lipinski definition) is 0. The first-order valence-electron chi connectivity index (χ1n) is 10.7. The van der Waals surface area contributed by atoms with Crippen LogP contribution in [0.3, 0.4) is 0 Å². The third-order valence-electron chi connectivity index (χ3n) is 5.53. The fourth-order valence-corrected chi connectivity index (χ4v) is 3.92. The van der Waals surface area contributed by atoms with Crippen LogP contribution in [0.1, 0.15) is 23.6 Å². The van der Waals surface area contributed by atoms with Crippen molar-refractivity contribution in [2.24, 2.45) is 5.10 Å². The van der Waals surface area contributed by atoms with Crippen molar-refractivity contribution in [1.82, 2.24) is 0 Å². The van der Waals surface area contributed by atoms with Gasteiger partial charge in [0.15, 0.2) is 34.8 Å². The van der Waals surface area contributed by atoms with Crippen molar-refractivity contribution in [2.75, 3.05) is 12.1 Å². The molecule has 1 aliphatic rings. The first-order valence-corrected chi connectivity index (χ1v) is 11.1. The molecule has 3 aromatic carbocycles. The normalized spacial score (nSPS) is 14.1. The zero-order valence-electron chi connectivity index (χ0n) is 19.6. The number of nitriles is 1. The second-order valence-corrected chi connectivity index (χ2v) is 8.28. The topological polar surface area (TPSA) is 74.9 Å². The first-order chi connectivity index (χ1) is 18.1. The Morgan fingerprint density at radius 3 is 2.32 bits per heavy atom. The number of anilines is 1. The van der Waals surface area contributed by atoms with E-state index in [1.807, 2.05) is 0 Å². The van der Waals surface area contributed by atoms with E-state index < -0.39 is 40.7 Å². The highest BCUT2D eigenvalue weighted by Crippen LogP contribution is 2.39. The summed E-state index contributed by atoms with van der Waals surface area (Å²) in [7, 11) is 1.34. The Labute approximate surface area is 217 Å². The molecule has 6 nitrogen and oxygen atoms in total. The lowest BCUT2D eigenvalue weighted by molar-refractivity contribution is -0.114. The molecule has 0 spiro atoms. The number of benzene rings is 3. The van der Waals surface area contributed by atoms with E-state index in [-0.39, 0.29) is 45.0 Å². The monoisotopic (exact) mass is 547 g/mol. The molecule has 0 saturated heterocycles. The van der Waals surface area contributed by atoms with Crippen molar-refractivity contribution in [2.45, 2.75) is 13.5 Å². The van der Waals surface area contributed by atoms with E-state index in [0.717, 1.165) is 0 Å². The molecule has 0 radical (unpaired) electrons. The van der Waals surface area contributed by atoms with Gasteiger partial charge in [-0.25, -0.2) is 22.0 Å². The van der Waals surface area contributed by atoms with Gasteiger partial charge >= 0.3 is 0 Å². The Morgan fingerprint density at radius 2 is 1.68 bits per heavy atom. The van der Waals surface area contributed by atoms with Crippen LogP contribution in [0.4, 0.5) is 27.6 Å². The Kier molecular flexibility index (Phi) is 7.37. The second-order valence-electron chi connectivity index (χ2n) is 7.87. The molecule has 194 valence electrons. The van der Waals surface area contributed by atoms with Crippen LogP contribution in [0.5, 0.6) is 11.5 Å². The van der Waals surface area contributed by atoms with Gasteiger partial charge in [0.2, 0.25) is 5.82 Å². The van der Waals surface area contributed by atoms with Crippen LogP contribution >= 0.6 is 11.6 Å². The van der Waals surface area contributed by atoms with Crippen molar-refractivity contribution < 1.29 is 36.2 Å². The van der Waals surface area contributed by atoms with Crippen LogP contribution in [-0.2, 0) is 11.4 Å². The fraction of sp³-hybridized carbons (Fsp3) is 0.115. The molecule has 0 unspecified atom stereocenters. The molecule has 0 aliphatic carbocycles. The lowest BCUT2D eigenvalue weighted by atomic mass is 10.1. The number of nitrogens with zero attached hydrogens (tertiary/aromatic N) is 3. The summed E-state index contributed by atoms with van der Waals surface area (Å²) in [5, 5.41) is 13.1. The molecule has 1 aliphatic heterocycles. The summed E-state index contributed by atoms with van der Waals surface area (Å²) in [6, 6.07) is 11.7. The minimum Gasteiger partial charge on any atom is -0.493 e. The number of hydrogen-bond acceptors (Lipinski definition) is 5. The van der Waals surface area contributed by atoms with E-state index in [1.54, 1.807) is 24.3 Å². The molecule has 1 heterocycles. The fourth-order valence-electron chi connectivity index (χ4n) is 3.65. The lowest BCUT2D eigenvalue weighted by Gasteiger charge is -2.15. The first kappa shape index (κ1) is 26.6. The summed E-state index contributed by atoms with van der Waals surface area (Å²) < 4.78 is 80.5. The van der Waals surface area contributed by atoms with Gasteiger partial charge in [0.25, 0.3) is 5.91 Å². The highest BCUT2D eigenvalue weighted by atomic mass is 35.5. The van der Waals surface area contributed by atoms with Gasteiger partial charge in [-0.2, -0.15) is 15.4 Å². The van der Waals surface area contributed by atoms with Crippen molar-refractivity contribution >= 4 is 35.0 Å². The highest BCUT2D eigenvalue weighted by Gasteiger charge is 2.37. The maximum atomic E-state index is 14.3. The van der Waals surface area contributed by atoms with Gasteiger partial charge in [-0.15, -0.1) is 0 Å². The number of amides is 1. The molecule has 0 atom stereocenters. The minimum absolute atomic E-state index is 0.00137. The summed E-state index contributed by atoms with van der Waals surface area (Å²) in [6.07, 6.45) is 1.26. The molecular formula is C26H15ClF5N3O3. The molecule has 12 heteroatoms. The highest BCUT2D eigenvalue weighted by molar-refractivity contribution is 6.33. The van der Waals surface area contributed by atoms with Crippen molar-refractivity contribution in [1.29, 1.82) is 5.26 Å². The van der Waals surface area contributed by atoms with E-state index in [4.69, 9.17) is 21.1 Å². The van der Waals surface area contributed by atoms with Gasteiger partial charge in [0.05, 0.1) is 35.0 Å². The largest absolute Gasteiger partial charge is 0.493 e. The van der Waals surface area contributed by atoms with Gasteiger partial charge < -0.3 is 9.47 Å². The zero-order valence-corrected chi connectivity index (χ0v) is 20.3. The summed E-state index contributed by atoms with van der Waals surface area (Å²) in [5.74, 6) is -12.0. The summed E-state index contributed by atoms with van der Waals surface area (Å²) in [5.41, 5.74) is -0.432. The standard InChI is InChI=1S/C26H15ClF5N3O3/c1-12-16(26(36)35(34-12)24-22(31)20(29)19(28)21(30)23(24)32)7-13-8-17(27)25(18(9-13)37-2)38-11-15-6-4-3-5-14(15)10-33/h3-9H,11H2,1-2H3/b16-7+. The average molecular weight is 548 g/mol. The van der Waals surface area contributed by atoms with Gasteiger partial charge in [0.1, 0.15) is 12.3 Å². The van der Waals surface area contributed by atoms with Crippen LogP contribution in [0.15, 0.2) is 47.1 Å². The Bertz CT molecular complexity index is 1550. The van der Waals surface area contributed by atoms with Crippen molar-refractivity contribution in [3.05, 3.63) is 92.8 Å². The lowest BCUT2D eigenvalue weighted by Crippen LogP contribution is -2.25. The molecule has 1 amide bonds. The second kappa shape index (κ2) is 10.5. The zero-order chi connectivity index (χ0) is 27.7. The predicted molar refractivity (Wildman–Crippen MR) is 128 cm³/mol. The number of halogens is 6. The van der Waals surface area contributed by atoms with Crippen LogP contribution in [-0.4, -0.2) is 18.7 Å². The number of hydrazone groups is 1. The third kappa shape index (κ3) is 4.66. The molecule has 0 aromatic heterocycles. The molecule has 0 bridgehead atoms. The van der Waals surface area contributed by atoms with Crippen LogP contribution in [0, 0.1) is 40.4 Å². The van der Waals surface area contributed by atoms with E-state index in [1.165, 1.54) is 32.2 Å². The van der Waals surface area contributed by atoms with Crippen molar-refractivity contribution in [3.63, 3.8) is 0 Å². The van der Waals surface area contributed by atoms with E-state index in [2.05, 4.69) is 11.2 Å². The number of carbonyl (C=O) groups excluding carboxylic acids is 1. The molecule has 4 rings (SSSR count). The maximum Gasteiger partial charge on any atom is 0.280 e. The molecule has 38 heavy (non-hydrogen) atoms. The number of methoxy groups -OCH3 is 1. The Morgan fingerprint density at radius 1 is 1.05 bits per heavy atom. The Balaban J connectivity index is 1.67. The number of carbonyl (C=O) groups is 1. The van der Waals surface area contributed by atoms with Crippen LogP contribution in [0.25, 0.3) is 6.08 Å². The van der Waals surface area contributed by atoms with Gasteiger partial charge in [-0.1, -0.05) is 29.8 Å². The van der Waals surface area contributed by atoms with Crippen LogP contribution < -0.4 is 14.5 Å². The number of rotatable bonds is 6. The Hall–Kier alpha value is -4.43. The van der Waals surface area contributed by atoms with Gasteiger partial charge in [0, 0.05) is 5.56 Å². The molecule has 3 aromatic rings. The average Bonchev–Trinajstić information content (AvgIpc) is 3.18. The predicted octanol–water partition coefficient (Wildman–Crippen LogP) is 6.30. The molecule has 0 saturated carbocycles. The third-order valence-corrected chi connectivity index (χ3v) is 5.81. The van der Waals surface area contributed by atoms with E-state index >= 15 is 0 Å². The van der Waals surface area contributed by atoms with Crippen LogP contribution in [0.2, 0.25) is 5.02 Å². The molecule has 0 N–H and O–H groups in total. The number of ether oxygens (including phenoxy) is 2. The molecular weight excluding hydrogens is 533 g/mol. The molecule has 0 fully saturated rings. The van der Waals surface area contributed by atoms with E-state index in [0.29, 0.717) is 11.1 Å². The minimum atomic E-state index is -2.35. The van der Waals surface area contributed by atoms with Gasteiger partial charge in [-0.05, 0) is 36.8 Å². The summed E-state index contributed by atoms with van der Waals surface area (Å²) in [6.45, 7) is 1.32. The van der Waals surface area contributed by atoms with Crippen molar-refractivity contribution in [3.8, 4) is 17.6 Å². The quantitative estimate of drug-likeness (QED) is 0.157. The van der Waals surface area contributed by atoms with E-state index in [9.17, 15) is 32.0 Å². The smallest absolute Gasteiger partial charge is 0.280 e. The SMILES string of the molecule is COc1cc(/C=C2/C(=O)N(c3c(F)c(F)c(F)c(F)c3F)N=C2C)cc(Cl)c1OCc1ccccc1C#N. The maximum absolute atomic E-state index is 14.3. The van der Waals surface area contributed by atoms with Gasteiger partial charge in [-0.3, -0.25) is 4.79 Å². The summed E-state index contributed by atoms with van der Waals surface area (Å²) in [4.78, 5) is 12.9. The summed E-state index contributed by atoms with van der Waals surface area (Å²) >= 11 is 6.38.